The number of amides is 1. The first-order valence-electron chi connectivity index (χ1n) is 6.30. The van der Waals surface area contributed by atoms with Crippen LogP contribution in [0.4, 0.5) is 4.79 Å². The van der Waals surface area contributed by atoms with Crippen LogP contribution < -0.4 is 5.32 Å². The zero-order valence-electron chi connectivity index (χ0n) is 10.8. The Kier molecular flexibility index (Phi) is 4.70. The molecule has 2 rings (SSSR count). The molecule has 1 saturated heterocycles. The van der Waals surface area contributed by atoms with Crippen LogP contribution in [0.2, 0.25) is 0 Å². The number of ether oxygens (including phenoxy) is 2. The van der Waals surface area contributed by atoms with Crippen molar-refractivity contribution in [1.29, 1.82) is 0 Å². The van der Waals surface area contributed by atoms with Gasteiger partial charge in [-0.3, -0.25) is 0 Å². The smallest absolute Gasteiger partial charge is 0.408 e. The van der Waals surface area contributed by atoms with Gasteiger partial charge < -0.3 is 19.6 Å². The number of aldehydes is 1. The van der Waals surface area contributed by atoms with Gasteiger partial charge in [-0.05, 0) is 5.56 Å². The van der Waals surface area contributed by atoms with Crippen molar-refractivity contribution in [2.45, 2.75) is 31.6 Å². The minimum absolute atomic E-state index is 0.131. The third kappa shape index (κ3) is 3.81. The number of carbonyl (C=O) groups is 3. The van der Waals surface area contributed by atoms with Crippen molar-refractivity contribution in [3.05, 3.63) is 35.9 Å². The van der Waals surface area contributed by atoms with Crippen LogP contribution >= 0.6 is 0 Å². The highest BCUT2D eigenvalue weighted by atomic mass is 16.6. The lowest BCUT2D eigenvalue weighted by Gasteiger charge is -2.09. The summed E-state index contributed by atoms with van der Waals surface area (Å²) in [5, 5.41) is 2.44. The number of benzene rings is 1. The predicted octanol–water partition coefficient (Wildman–Crippen LogP) is 1.19. The monoisotopic (exact) mass is 277 g/mol. The van der Waals surface area contributed by atoms with E-state index in [4.69, 9.17) is 9.47 Å². The lowest BCUT2D eigenvalue weighted by molar-refractivity contribution is -0.143. The molecule has 0 bridgehead atoms. The van der Waals surface area contributed by atoms with Crippen molar-refractivity contribution in [2.24, 2.45) is 0 Å². The van der Waals surface area contributed by atoms with E-state index < -0.39 is 24.2 Å². The average Bonchev–Trinajstić information content (AvgIpc) is 2.78. The fraction of sp³-hybridized carbons (Fsp3) is 0.357. The molecular weight excluding hydrogens is 262 g/mol. The van der Waals surface area contributed by atoms with E-state index in [1.54, 1.807) is 0 Å². The number of cyclic esters (lactones) is 1. The van der Waals surface area contributed by atoms with Crippen LogP contribution in [0.1, 0.15) is 18.4 Å². The molecule has 1 aromatic rings. The van der Waals surface area contributed by atoms with Crippen LogP contribution in [0.5, 0.6) is 0 Å². The Balaban J connectivity index is 1.77. The highest BCUT2D eigenvalue weighted by Crippen LogP contribution is 2.17. The molecule has 1 fully saturated rings. The fourth-order valence-electron chi connectivity index (χ4n) is 1.93. The SMILES string of the molecule is O=CC[C@H]1C[C@@H](NC(=O)OCc2ccccc2)C(=O)O1. The maximum absolute atomic E-state index is 11.6. The van der Waals surface area contributed by atoms with Crippen LogP contribution in [0, 0.1) is 0 Å². The summed E-state index contributed by atoms with van der Waals surface area (Å²) in [5.74, 6) is -0.534. The largest absolute Gasteiger partial charge is 0.460 e. The summed E-state index contributed by atoms with van der Waals surface area (Å²) in [5.41, 5.74) is 0.857. The van der Waals surface area contributed by atoms with Gasteiger partial charge in [0.25, 0.3) is 0 Å². The van der Waals surface area contributed by atoms with E-state index in [0.29, 0.717) is 6.29 Å². The van der Waals surface area contributed by atoms with Crippen molar-refractivity contribution < 1.29 is 23.9 Å². The summed E-state index contributed by atoms with van der Waals surface area (Å²) in [7, 11) is 0. The van der Waals surface area contributed by atoms with Crippen molar-refractivity contribution in [3.8, 4) is 0 Å². The number of carbonyl (C=O) groups excluding carboxylic acids is 3. The Morgan fingerprint density at radius 3 is 2.85 bits per heavy atom. The molecule has 1 amide bonds. The molecule has 1 aliphatic heterocycles. The molecule has 6 nitrogen and oxygen atoms in total. The van der Waals surface area contributed by atoms with Gasteiger partial charge in [0, 0.05) is 12.8 Å². The second kappa shape index (κ2) is 6.70. The number of hydrogen-bond donors (Lipinski definition) is 1. The third-order valence-corrected chi connectivity index (χ3v) is 2.93. The molecule has 0 saturated carbocycles. The van der Waals surface area contributed by atoms with Gasteiger partial charge in [-0.25, -0.2) is 9.59 Å². The Morgan fingerprint density at radius 1 is 1.40 bits per heavy atom. The first kappa shape index (κ1) is 14.0. The Morgan fingerprint density at radius 2 is 2.15 bits per heavy atom. The molecular formula is C14H15NO5. The van der Waals surface area contributed by atoms with Crippen LogP contribution in [0.3, 0.4) is 0 Å². The zero-order chi connectivity index (χ0) is 14.4. The molecule has 0 spiro atoms. The van der Waals surface area contributed by atoms with Crippen LogP contribution in [0.15, 0.2) is 30.3 Å². The molecule has 0 radical (unpaired) electrons. The van der Waals surface area contributed by atoms with Crippen molar-refractivity contribution in [2.75, 3.05) is 0 Å². The number of alkyl carbamates (subject to hydrolysis) is 1. The Labute approximate surface area is 116 Å². The molecule has 1 N–H and O–H groups in total. The summed E-state index contributed by atoms with van der Waals surface area (Å²) in [4.78, 5) is 33.4. The van der Waals surface area contributed by atoms with Gasteiger partial charge in [0.15, 0.2) is 0 Å². The van der Waals surface area contributed by atoms with Crippen LogP contribution in [-0.4, -0.2) is 30.5 Å². The van der Waals surface area contributed by atoms with E-state index in [1.807, 2.05) is 30.3 Å². The summed E-state index contributed by atoms with van der Waals surface area (Å²) >= 11 is 0. The second-order valence-electron chi connectivity index (χ2n) is 4.46. The van der Waals surface area contributed by atoms with E-state index >= 15 is 0 Å². The maximum Gasteiger partial charge on any atom is 0.408 e. The number of rotatable bonds is 5. The molecule has 6 heteroatoms. The van der Waals surface area contributed by atoms with E-state index in [9.17, 15) is 14.4 Å². The van der Waals surface area contributed by atoms with Gasteiger partial charge in [0.1, 0.15) is 25.0 Å². The van der Waals surface area contributed by atoms with Crippen molar-refractivity contribution in [3.63, 3.8) is 0 Å². The first-order valence-corrected chi connectivity index (χ1v) is 6.30. The van der Waals surface area contributed by atoms with Gasteiger partial charge in [-0.2, -0.15) is 0 Å². The van der Waals surface area contributed by atoms with Gasteiger partial charge >= 0.3 is 12.1 Å². The second-order valence-corrected chi connectivity index (χ2v) is 4.46. The Hall–Kier alpha value is -2.37. The van der Waals surface area contributed by atoms with Gasteiger partial charge in [-0.1, -0.05) is 30.3 Å². The van der Waals surface area contributed by atoms with E-state index in [1.165, 1.54) is 0 Å². The average molecular weight is 277 g/mol. The van der Waals surface area contributed by atoms with Crippen molar-refractivity contribution >= 4 is 18.3 Å². The summed E-state index contributed by atoms with van der Waals surface area (Å²) in [6.07, 6.45) is -0.0170. The first-order chi connectivity index (χ1) is 9.69. The van der Waals surface area contributed by atoms with Gasteiger partial charge in [-0.15, -0.1) is 0 Å². The molecule has 0 aliphatic carbocycles. The molecule has 1 heterocycles. The van der Waals surface area contributed by atoms with Gasteiger partial charge in [0.05, 0.1) is 0 Å². The van der Waals surface area contributed by atoms with Crippen molar-refractivity contribution in [1.82, 2.24) is 5.32 Å². The lowest BCUT2D eigenvalue weighted by atomic mass is 10.1. The maximum atomic E-state index is 11.6. The molecule has 0 unspecified atom stereocenters. The van der Waals surface area contributed by atoms with Gasteiger partial charge in [0.2, 0.25) is 0 Å². The Bertz CT molecular complexity index is 488. The molecule has 0 aromatic heterocycles. The quantitative estimate of drug-likeness (QED) is 0.645. The molecule has 106 valence electrons. The topological polar surface area (TPSA) is 81.7 Å². The zero-order valence-corrected chi connectivity index (χ0v) is 10.8. The summed E-state index contributed by atoms with van der Waals surface area (Å²) < 4.78 is 9.94. The summed E-state index contributed by atoms with van der Waals surface area (Å²) in [6, 6.07) is 8.46. The standard InChI is InChI=1S/C14H15NO5/c16-7-6-11-8-12(13(17)20-11)15-14(18)19-9-10-4-2-1-3-5-10/h1-5,7,11-12H,6,8-9H2,(H,15,18)/t11-,12+/m0/s1. The van der Waals surface area contributed by atoms with Crippen LogP contribution in [-0.2, 0) is 25.7 Å². The summed E-state index contributed by atoms with van der Waals surface area (Å²) in [6.45, 7) is 0.131. The van der Waals surface area contributed by atoms with E-state index in [-0.39, 0.29) is 19.4 Å². The molecule has 20 heavy (non-hydrogen) atoms. The van der Waals surface area contributed by atoms with Crippen LogP contribution in [0.25, 0.3) is 0 Å². The fourth-order valence-corrected chi connectivity index (χ4v) is 1.93. The number of esters is 1. The predicted molar refractivity (Wildman–Crippen MR) is 68.7 cm³/mol. The molecule has 1 aliphatic rings. The third-order valence-electron chi connectivity index (χ3n) is 2.93. The number of hydrogen-bond acceptors (Lipinski definition) is 5. The number of nitrogens with one attached hydrogen (secondary N) is 1. The lowest BCUT2D eigenvalue weighted by Crippen LogP contribution is -2.38. The highest BCUT2D eigenvalue weighted by molar-refractivity contribution is 5.83. The molecule has 1 aromatic carbocycles. The van der Waals surface area contributed by atoms with E-state index in [0.717, 1.165) is 5.56 Å². The minimum Gasteiger partial charge on any atom is -0.460 e. The molecule has 2 atom stereocenters. The van der Waals surface area contributed by atoms with E-state index in [2.05, 4.69) is 5.32 Å². The normalized spacial score (nSPS) is 21.1. The minimum atomic E-state index is -0.747. The highest BCUT2D eigenvalue weighted by Gasteiger charge is 2.35.